The highest BCUT2D eigenvalue weighted by Gasteiger charge is 2.42. The number of aliphatic hydroxyl groups excluding tert-OH is 1. The van der Waals surface area contributed by atoms with Gasteiger partial charge in [-0.1, -0.05) is 40.0 Å². The number of hydrogen-bond acceptors (Lipinski definition) is 18. The van der Waals surface area contributed by atoms with Crippen LogP contribution in [-0.4, -0.2) is 170 Å². The van der Waals surface area contributed by atoms with Gasteiger partial charge in [-0.05, 0) is 150 Å². The quantitative estimate of drug-likeness (QED) is 0.0217. The van der Waals surface area contributed by atoms with E-state index >= 15 is 0 Å². The molecule has 2 amide bonds. The van der Waals surface area contributed by atoms with Crippen molar-refractivity contribution in [2.45, 2.75) is 185 Å². The van der Waals surface area contributed by atoms with E-state index in [9.17, 15) is 29.1 Å². The number of nitrogens with zero attached hydrogens (tertiary/aromatic N) is 5. The number of aliphatic hydroxyl groups is 1. The highest BCUT2D eigenvalue weighted by atomic mass is 16.6. The lowest BCUT2D eigenvalue weighted by Crippen LogP contribution is -2.46. The second-order valence-electron chi connectivity index (χ2n) is 26.5. The van der Waals surface area contributed by atoms with Gasteiger partial charge in [-0.15, -0.1) is 0 Å². The van der Waals surface area contributed by atoms with E-state index in [1.54, 1.807) is 41.5 Å². The second kappa shape index (κ2) is 31.2. The summed E-state index contributed by atoms with van der Waals surface area (Å²) in [4.78, 5) is 84.7. The molecule has 1 aliphatic carbocycles. The van der Waals surface area contributed by atoms with Gasteiger partial charge in [-0.2, -0.15) is 0 Å². The van der Waals surface area contributed by atoms with Gasteiger partial charge in [0.2, 0.25) is 11.8 Å². The minimum absolute atomic E-state index is 0.00210. The molecular formula is C67H102N10O10. The summed E-state index contributed by atoms with van der Waals surface area (Å²) in [5.74, 6) is -1.47. The van der Waals surface area contributed by atoms with Gasteiger partial charge in [0.1, 0.15) is 22.6 Å². The molecule has 1 fully saturated rings. The number of amides is 2. The number of nitrogens with one attached hydrogen (secondary N) is 5. The van der Waals surface area contributed by atoms with Crippen LogP contribution in [0.2, 0.25) is 0 Å². The van der Waals surface area contributed by atoms with Gasteiger partial charge in [-0.25, -0.2) is 15.0 Å². The minimum Gasteiger partial charge on any atom is -0.511 e. The summed E-state index contributed by atoms with van der Waals surface area (Å²) in [6, 6.07) is 0. The molecule has 480 valence electrons. The fourth-order valence-electron chi connectivity index (χ4n) is 11.5. The maximum atomic E-state index is 13.7. The SMILES string of the molecule is CCCCCCOC(C)C1=C(C)C2=NC1=CC1=NC(=CC3=C(C)C4=C(O)CC(=C5NC(=C2)C(C)[C@@H]5CCC(=O)NCCNC(=O)CNCCN(CCN(CCNCC(=O)OC(C)(C)C)CC(=O)OC(C)(C)C)CC(=O)OC(C)(C)C)C4=N3)C(CC)=C1C. The Hall–Kier alpha value is -6.32. The van der Waals surface area contributed by atoms with Crippen molar-refractivity contribution in [1.82, 2.24) is 36.4 Å². The first-order valence-corrected chi connectivity index (χ1v) is 31.6. The van der Waals surface area contributed by atoms with Crippen LogP contribution in [0.5, 0.6) is 0 Å². The summed E-state index contributed by atoms with van der Waals surface area (Å²) in [7, 11) is 0. The van der Waals surface area contributed by atoms with Crippen molar-refractivity contribution in [2.75, 3.05) is 85.1 Å². The van der Waals surface area contributed by atoms with E-state index in [-0.39, 0.29) is 87.2 Å². The van der Waals surface area contributed by atoms with Crippen molar-refractivity contribution in [1.29, 1.82) is 0 Å². The molecule has 6 N–H and O–H groups in total. The normalized spacial score (nSPS) is 18.9. The number of unbranched alkanes of at least 4 members (excludes halogenated alkanes) is 3. The molecule has 87 heavy (non-hydrogen) atoms. The summed E-state index contributed by atoms with van der Waals surface area (Å²) >= 11 is 0. The van der Waals surface area contributed by atoms with Crippen LogP contribution in [0.15, 0.2) is 106 Å². The third-order valence-electron chi connectivity index (χ3n) is 15.8. The minimum atomic E-state index is -0.692. The van der Waals surface area contributed by atoms with E-state index < -0.39 is 28.7 Å². The Labute approximate surface area is 517 Å². The smallest absolute Gasteiger partial charge is 0.320 e. The number of aliphatic imine (C=N–C) groups is 3. The Balaban J connectivity index is 1.07. The lowest BCUT2D eigenvalue weighted by Gasteiger charge is -2.29. The van der Waals surface area contributed by atoms with Gasteiger partial charge in [0, 0.05) is 112 Å². The second-order valence-corrected chi connectivity index (χ2v) is 26.5. The molecule has 20 heteroatoms. The van der Waals surface area contributed by atoms with Gasteiger partial charge < -0.3 is 50.6 Å². The summed E-state index contributed by atoms with van der Waals surface area (Å²) in [5.41, 5.74) is 11.7. The molecule has 0 aromatic carbocycles. The Kier molecular flexibility index (Phi) is 25.0. The molecule has 0 aromatic rings. The van der Waals surface area contributed by atoms with Crippen molar-refractivity contribution in [3.8, 4) is 0 Å². The molecular weight excluding hydrogens is 1100 g/mol. The largest absolute Gasteiger partial charge is 0.511 e. The first-order chi connectivity index (χ1) is 40.9. The van der Waals surface area contributed by atoms with Gasteiger partial charge in [-0.3, -0.25) is 33.8 Å². The fraction of sp³-hybridized carbons (Fsp3) is 0.642. The molecule has 8 bridgehead atoms. The number of carbonyl (C=O) groups is 5. The van der Waals surface area contributed by atoms with Crippen LogP contribution < -0.4 is 26.6 Å². The number of rotatable bonds is 31. The Morgan fingerprint density at radius 1 is 0.690 bits per heavy atom. The summed E-state index contributed by atoms with van der Waals surface area (Å²) in [6.07, 6.45) is 12.4. The Morgan fingerprint density at radius 2 is 1.26 bits per heavy atom. The molecule has 5 aliphatic heterocycles. The van der Waals surface area contributed by atoms with Crippen LogP contribution >= 0.6 is 0 Å². The van der Waals surface area contributed by atoms with Crippen molar-refractivity contribution < 1.29 is 48.0 Å². The van der Waals surface area contributed by atoms with E-state index in [4.69, 9.17) is 33.9 Å². The molecule has 0 radical (unpaired) electrons. The van der Waals surface area contributed by atoms with Crippen molar-refractivity contribution in [3.63, 3.8) is 0 Å². The molecule has 5 heterocycles. The van der Waals surface area contributed by atoms with E-state index in [2.05, 4.69) is 80.3 Å². The molecule has 2 unspecified atom stereocenters. The van der Waals surface area contributed by atoms with Crippen LogP contribution in [0.3, 0.4) is 0 Å². The summed E-state index contributed by atoms with van der Waals surface area (Å²) in [6.45, 7) is 34.6. The average molecular weight is 1210 g/mol. The first kappa shape index (κ1) is 69.8. The van der Waals surface area contributed by atoms with Crippen molar-refractivity contribution >= 4 is 46.9 Å². The van der Waals surface area contributed by atoms with E-state index in [0.29, 0.717) is 58.7 Å². The number of ether oxygens (including phenoxy) is 4. The molecule has 20 nitrogen and oxygen atoms in total. The standard InChI is InChI=1S/C67H102N10O10/c1-17-19-20-21-32-84-45(7)61-43(5)51-34-50-42(4)47(63(74-50)48-33-55(78)62-44(6)52(75-64(48)62)35-53-46(18-2)41(3)49(72-53)36-54(61)73-51)22-23-56(79)70-24-25-71-57(80)37-68-26-28-76(39-59(82)86-66(11,12)13)30-31-77(40-60(83)87-67(14,15)16)29-27-69-38-58(81)85-65(8,9)10/h34-36,42,45,47,68-69,74,78H,17-33,37-40H2,1-16H3,(H,70,79)(H,71,80)/t42?,45?,47-/m0/s1. The maximum absolute atomic E-state index is 13.7. The predicted molar refractivity (Wildman–Crippen MR) is 343 cm³/mol. The third-order valence-corrected chi connectivity index (χ3v) is 15.8. The summed E-state index contributed by atoms with van der Waals surface area (Å²) in [5, 5.41) is 27.6. The molecule has 3 atom stereocenters. The number of carbonyl (C=O) groups excluding carboxylic acids is 5. The Morgan fingerprint density at radius 3 is 1.86 bits per heavy atom. The fourth-order valence-corrected chi connectivity index (χ4v) is 11.5. The van der Waals surface area contributed by atoms with E-state index in [0.717, 1.165) is 110 Å². The van der Waals surface area contributed by atoms with Crippen molar-refractivity contribution in [2.24, 2.45) is 26.8 Å². The van der Waals surface area contributed by atoms with Gasteiger partial charge in [0.25, 0.3) is 0 Å². The molecule has 0 saturated carbocycles. The van der Waals surface area contributed by atoms with Gasteiger partial charge in [0.05, 0.1) is 66.5 Å². The van der Waals surface area contributed by atoms with E-state index in [1.165, 1.54) is 6.42 Å². The number of fused-ring (bicyclic) bond motifs is 5. The first-order valence-electron chi connectivity index (χ1n) is 31.6. The van der Waals surface area contributed by atoms with Crippen molar-refractivity contribution in [3.05, 3.63) is 91.5 Å². The third kappa shape index (κ3) is 20.6. The highest BCUT2D eigenvalue weighted by molar-refractivity contribution is 6.21. The van der Waals surface area contributed by atoms with E-state index in [1.807, 2.05) is 43.6 Å². The zero-order chi connectivity index (χ0) is 64.0. The lowest BCUT2D eigenvalue weighted by atomic mass is 9.86. The van der Waals surface area contributed by atoms with Crippen LogP contribution in [0.4, 0.5) is 0 Å². The molecule has 0 spiro atoms. The zero-order valence-corrected chi connectivity index (χ0v) is 55.2. The zero-order valence-electron chi connectivity index (χ0n) is 55.2. The predicted octanol–water partition coefficient (Wildman–Crippen LogP) is 8.46. The topological polar surface area (TPSA) is 246 Å². The molecule has 6 rings (SSSR count). The molecule has 1 saturated heterocycles. The number of allylic oxidation sites excluding steroid dienone is 11. The average Bonchev–Trinajstić information content (AvgIpc) is 1.60. The number of esters is 3. The van der Waals surface area contributed by atoms with Crippen LogP contribution in [0.25, 0.3) is 0 Å². The molecule has 0 aromatic heterocycles. The molecule has 6 aliphatic rings. The maximum Gasteiger partial charge on any atom is 0.320 e. The van der Waals surface area contributed by atoms with Crippen LogP contribution in [0, 0.1) is 11.8 Å². The number of hydrogen-bond donors (Lipinski definition) is 6. The van der Waals surface area contributed by atoms with Gasteiger partial charge >= 0.3 is 17.9 Å². The van der Waals surface area contributed by atoms with Crippen LogP contribution in [0.1, 0.15) is 162 Å². The lowest BCUT2D eigenvalue weighted by molar-refractivity contribution is -0.158. The highest BCUT2D eigenvalue weighted by Crippen LogP contribution is 2.47. The van der Waals surface area contributed by atoms with Gasteiger partial charge in [0.15, 0.2) is 0 Å². The van der Waals surface area contributed by atoms with Crippen LogP contribution in [-0.2, 0) is 42.9 Å². The summed E-state index contributed by atoms with van der Waals surface area (Å²) < 4.78 is 23.2. The Bertz CT molecular complexity index is 2950. The monoisotopic (exact) mass is 1210 g/mol.